The Morgan fingerprint density at radius 3 is 2.18 bits per heavy atom. The molecule has 3 aromatic heterocycles. The van der Waals surface area contributed by atoms with Crippen molar-refractivity contribution in [1.82, 2.24) is 29.5 Å². The van der Waals surface area contributed by atoms with Gasteiger partial charge in [0.05, 0.1) is 25.0 Å². The lowest BCUT2D eigenvalue weighted by atomic mass is 9.96. The van der Waals surface area contributed by atoms with Gasteiger partial charge in [-0.25, -0.2) is 9.78 Å². The van der Waals surface area contributed by atoms with Crippen LogP contribution in [0, 0.1) is 0 Å². The molecular formula is C24H37N7O3. The van der Waals surface area contributed by atoms with E-state index in [9.17, 15) is 9.59 Å². The molecule has 0 bridgehead atoms. The van der Waals surface area contributed by atoms with Gasteiger partial charge in [-0.3, -0.25) is 14.2 Å². The van der Waals surface area contributed by atoms with Crippen LogP contribution in [0.15, 0.2) is 23.5 Å². The Kier molecular flexibility index (Phi) is 8.84. The second kappa shape index (κ2) is 11.8. The molecule has 0 amide bonds. The normalized spacial score (nSPS) is 17.0. The zero-order valence-electron chi connectivity index (χ0n) is 19.2. The van der Waals surface area contributed by atoms with Crippen molar-refractivity contribution in [2.75, 3.05) is 12.3 Å². The predicted octanol–water partition coefficient (Wildman–Crippen LogP) is 4.41. The molecule has 3 aromatic rings. The number of rotatable bonds is 4. The topological polar surface area (TPSA) is 134 Å². The van der Waals surface area contributed by atoms with Gasteiger partial charge in [0.15, 0.2) is 11.5 Å². The molecule has 3 heterocycles. The van der Waals surface area contributed by atoms with Gasteiger partial charge in [0.25, 0.3) is 5.56 Å². The van der Waals surface area contributed by atoms with Crippen LogP contribution in [-0.4, -0.2) is 42.1 Å². The summed E-state index contributed by atoms with van der Waals surface area (Å²) in [7, 11) is 0. The Bertz CT molecular complexity index is 1120. The van der Waals surface area contributed by atoms with Gasteiger partial charge in [-0.1, -0.05) is 46.0 Å². The molecule has 5 rings (SSSR count). The molecule has 34 heavy (non-hydrogen) atoms. The number of carbonyl (C=O) groups is 1. The zero-order chi connectivity index (χ0) is 23.2. The number of aromatic amines is 1. The molecule has 3 N–H and O–H groups in total. The Labute approximate surface area is 199 Å². The van der Waals surface area contributed by atoms with Gasteiger partial charge >= 0.3 is 5.97 Å². The highest BCUT2D eigenvalue weighted by molar-refractivity contribution is 5.93. The predicted molar refractivity (Wildman–Crippen MR) is 132 cm³/mol. The molecule has 2 aliphatic carbocycles. The molecule has 0 aliphatic heterocycles. The summed E-state index contributed by atoms with van der Waals surface area (Å²) in [6, 6.07) is 0.830. The fraction of sp³-hybridized carbons (Fsp3) is 0.625. The first-order valence-corrected chi connectivity index (χ1v) is 12.0. The quantitative estimate of drug-likeness (QED) is 0.538. The number of anilines is 1. The Morgan fingerprint density at radius 1 is 1.03 bits per heavy atom. The van der Waals surface area contributed by atoms with E-state index in [0.29, 0.717) is 35.3 Å². The summed E-state index contributed by atoms with van der Waals surface area (Å²) < 4.78 is 8.69. The van der Waals surface area contributed by atoms with Crippen molar-refractivity contribution in [1.29, 1.82) is 0 Å². The van der Waals surface area contributed by atoms with E-state index in [2.05, 4.69) is 20.2 Å². The van der Waals surface area contributed by atoms with Crippen molar-refractivity contribution in [3.05, 3.63) is 34.6 Å². The first-order chi connectivity index (χ1) is 16.1. The van der Waals surface area contributed by atoms with Crippen LogP contribution in [0.2, 0.25) is 0 Å². The summed E-state index contributed by atoms with van der Waals surface area (Å²) in [5, 5.41) is 9.20. The number of nitrogens with two attached hydrogens (primary N) is 1. The molecule has 186 valence electrons. The molecule has 2 aliphatic rings. The molecular weight excluding hydrogens is 434 g/mol. The van der Waals surface area contributed by atoms with Gasteiger partial charge in [-0.15, -0.1) is 0 Å². The largest absolute Gasteiger partial charge is 0.462 e. The van der Waals surface area contributed by atoms with E-state index in [0.717, 1.165) is 25.7 Å². The average Bonchev–Trinajstić information content (AvgIpc) is 3.46. The first kappa shape index (κ1) is 25.5. The minimum absolute atomic E-state index is 0. The summed E-state index contributed by atoms with van der Waals surface area (Å²) in [6.45, 7) is 2.13. The number of ether oxygens (including phenoxy) is 1. The molecule has 0 saturated heterocycles. The highest BCUT2D eigenvalue weighted by Crippen LogP contribution is 2.29. The maximum absolute atomic E-state index is 11.6. The number of hydrogen-bond acceptors (Lipinski definition) is 7. The van der Waals surface area contributed by atoms with Gasteiger partial charge in [0.2, 0.25) is 0 Å². The molecule has 2 fully saturated rings. The fourth-order valence-corrected chi connectivity index (χ4v) is 4.70. The van der Waals surface area contributed by atoms with Gasteiger partial charge in [-0.2, -0.15) is 10.2 Å². The van der Waals surface area contributed by atoms with Crippen LogP contribution in [0.5, 0.6) is 0 Å². The summed E-state index contributed by atoms with van der Waals surface area (Å²) in [6.07, 6.45) is 17.1. The Morgan fingerprint density at radius 2 is 1.62 bits per heavy atom. The molecule has 0 atom stereocenters. The summed E-state index contributed by atoms with van der Waals surface area (Å²) >= 11 is 0. The lowest BCUT2D eigenvalue weighted by Crippen LogP contribution is -2.13. The fourth-order valence-electron chi connectivity index (χ4n) is 4.70. The zero-order valence-corrected chi connectivity index (χ0v) is 19.2. The highest BCUT2D eigenvalue weighted by Gasteiger charge is 2.21. The number of nitrogens with zero attached hydrogens (tertiary/aromatic N) is 5. The molecule has 0 aromatic carbocycles. The smallest absolute Gasteiger partial charge is 0.343 e. The second-order valence-electron chi connectivity index (χ2n) is 8.79. The first-order valence-electron chi connectivity index (χ1n) is 12.0. The van der Waals surface area contributed by atoms with Crippen LogP contribution in [0.25, 0.3) is 11.0 Å². The lowest BCUT2D eigenvalue weighted by Gasteiger charge is -2.21. The maximum atomic E-state index is 11.6. The molecule has 10 heteroatoms. The number of nitrogens with one attached hydrogen (secondary N) is 1. The monoisotopic (exact) mass is 471 g/mol. The lowest BCUT2D eigenvalue weighted by molar-refractivity contribution is 0.0527. The van der Waals surface area contributed by atoms with E-state index >= 15 is 0 Å². The average molecular weight is 472 g/mol. The van der Waals surface area contributed by atoms with Crippen LogP contribution in [0.4, 0.5) is 5.82 Å². The van der Waals surface area contributed by atoms with E-state index < -0.39 is 0 Å². The highest BCUT2D eigenvalue weighted by atomic mass is 16.5. The van der Waals surface area contributed by atoms with E-state index in [1.54, 1.807) is 13.1 Å². The number of hydrogen-bond donors (Lipinski definition) is 2. The SMILES string of the molecule is C.CCOC(=O)c1cn(C2CCCCC2)nc1N.O=c1[nH]cnc2nn(C3CCCCC3)cc12. The van der Waals surface area contributed by atoms with E-state index in [-0.39, 0.29) is 24.8 Å². The summed E-state index contributed by atoms with van der Waals surface area (Å²) in [4.78, 5) is 29.8. The minimum Gasteiger partial charge on any atom is -0.462 e. The van der Waals surface area contributed by atoms with Crippen LogP contribution >= 0.6 is 0 Å². The molecule has 0 unspecified atom stereocenters. The van der Waals surface area contributed by atoms with Gasteiger partial charge < -0.3 is 15.5 Å². The third-order valence-corrected chi connectivity index (χ3v) is 6.49. The molecule has 10 nitrogen and oxygen atoms in total. The van der Waals surface area contributed by atoms with Crippen LogP contribution in [0.1, 0.15) is 101 Å². The maximum Gasteiger partial charge on any atom is 0.343 e. The minimum atomic E-state index is -0.382. The number of H-pyrrole nitrogens is 1. The van der Waals surface area contributed by atoms with E-state index in [1.165, 1.54) is 44.9 Å². The Balaban J connectivity index is 0.000000185. The van der Waals surface area contributed by atoms with Crippen LogP contribution in [-0.2, 0) is 4.74 Å². The summed E-state index contributed by atoms with van der Waals surface area (Å²) in [5.41, 5.74) is 6.58. The van der Waals surface area contributed by atoms with Crippen molar-refractivity contribution < 1.29 is 9.53 Å². The molecule has 2 saturated carbocycles. The van der Waals surface area contributed by atoms with Crippen LogP contribution in [0.3, 0.4) is 0 Å². The van der Waals surface area contributed by atoms with Crippen molar-refractivity contribution >= 4 is 22.8 Å². The second-order valence-corrected chi connectivity index (χ2v) is 8.79. The number of esters is 1. The molecule has 0 radical (unpaired) electrons. The number of fused-ring (bicyclic) bond motifs is 1. The van der Waals surface area contributed by atoms with Crippen LogP contribution < -0.4 is 11.3 Å². The Hall–Kier alpha value is -3.17. The van der Waals surface area contributed by atoms with Crippen molar-refractivity contribution in [3.8, 4) is 0 Å². The van der Waals surface area contributed by atoms with E-state index in [1.807, 2.05) is 15.6 Å². The van der Waals surface area contributed by atoms with Gasteiger partial charge in [-0.05, 0) is 32.6 Å². The number of carbonyl (C=O) groups excluding carboxylic acids is 1. The van der Waals surface area contributed by atoms with Gasteiger partial charge in [0.1, 0.15) is 10.9 Å². The standard InChI is InChI=1S/C12H19N3O2.C11H14N4O.CH4/c1-2-17-12(16)10-8-15(14-11(10)13)9-6-4-3-5-7-9;16-11-9-6-15(8-4-2-1-3-5-8)14-10(9)12-7-13-11;/h8-9H,2-7H2,1H3,(H2,13,14);6-8H,1-5H2,(H,12,13,14,16);1H4. The summed E-state index contributed by atoms with van der Waals surface area (Å²) in [5.74, 6) is -0.110. The van der Waals surface area contributed by atoms with E-state index in [4.69, 9.17) is 10.5 Å². The number of nitrogen functional groups attached to an aromatic ring is 1. The van der Waals surface area contributed by atoms with Crippen molar-refractivity contribution in [2.24, 2.45) is 0 Å². The number of aromatic nitrogens is 6. The third kappa shape index (κ3) is 5.84. The van der Waals surface area contributed by atoms with Crippen molar-refractivity contribution in [2.45, 2.75) is 90.6 Å². The van der Waals surface area contributed by atoms with Gasteiger partial charge in [0, 0.05) is 12.4 Å². The molecule has 0 spiro atoms. The van der Waals surface area contributed by atoms with Crippen molar-refractivity contribution in [3.63, 3.8) is 0 Å². The third-order valence-electron chi connectivity index (χ3n) is 6.49.